The fraction of sp³-hybridized carbons (Fsp3) is 0.143. The summed E-state index contributed by atoms with van der Waals surface area (Å²) in [5.74, 6) is -0.641. The van der Waals surface area contributed by atoms with E-state index < -0.39 is 18.7 Å². The van der Waals surface area contributed by atoms with Crippen LogP contribution in [0.25, 0.3) is 11.1 Å². The van der Waals surface area contributed by atoms with Gasteiger partial charge in [-0.3, -0.25) is 0 Å². The summed E-state index contributed by atoms with van der Waals surface area (Å²) < 4.78 is 69.5. The van der Waals surface area contributed by atoms with Gasteiger partial charge in [0.15, 0.2) is 0 Å². The third-order valence-electron chi connectivity index (χ3n) is 2.57. The van der Waals surface area contributed by atoms with Crippen molar-refractivity contribution < 1.29 is 31.4 Å². The van der Waals surface area contributed by atoms with Crippen LogP contribution in [0.15, 0.2) is 42.5 Å². The summed E-state index contributed by atoms with van der Waals surface area (Å²) in [5.41, 5.74) is 0.275. The second-order valence-electron chi connectivity index (χ2n) is 4.06. The van der Waals surface area contributed by atoms with Crippen LogP contribution in [0.4, 0.5) is 22.0 Å². The first-order chi connectivity index (χ1) is 10.3. The van der Waals surface area contributed by atoms with Crippen LogP contribution < -0.4 is 9.47 Å². The Hall–Kier alpha value is -2.02. The highest BCUT2D eigenvalue weighted by Gasteiger charge is 2.32. The molecule has 0 aliphatic rings. The second kappa shape index (κ2) is 6.39. The van der Waals surface area contributed by atoms with Gasteiger partial charge >= 0.3 is 13.0 Å². The highest BCUT2D eigenvalue weighted by molar-refractivity contribution is 6.33. The topological polar surface area (TPSA) is 18.5 Å². The van der Waals surface area contributed by atoms with Gasteiger partial charge in [-0.1, -0.05) is 29.8 Å². The van der Waals surface area contributed by atoms with E-state index in [-0.39, 0.29) is 21.9 Å². The molecule has 2 nitrogen and oxygen atoms in total. The predicted octanol–water partition coefficient (Wildman–Crippen LogP) is 5.51. The van der Waals surface area contributed by atoms with E-state index in [9.17, 15) is 22.0 Å². The zero-order chi connectivity index (χ0) is 16.3. The first-order valence-corrected chi connectivity index (χ1v) is 6.23. The lowest BCUT2D eigenvalue weighted by molar-refractivity contribution is -0.274. The van der Waals surface area contributed by atoms with E-state index in [1.165, 1.54) is 30.3 Å². The molecule has 118 valence electrons. The molecule has 0 aromatic heterocycles. The Bertz CT molecular complexity index is 658. The van der Waals surface area contributed by atoms with Crippen molar-refractivity contribution in [1.82, 2.24) is 0 Å². The molecule has 0 aliphatic carbocycles. The first-order valence-electron chi connectivity index (χ1n) is 5.86. The summed E-state index contributed by atoms with van der Waals surface area (Å²) in [6.45, 7) is -3.03. The number of hydrogen-bond acceptors (Lipinski definition) is 2. The molecule has 0 amide bonds. The molecule has 0 aliphatic heterocycles. The highest BCUT2D eigenvalue weighted by atomic mass is 35.5. The zero-order valence-corrected chi connectivity index (χ0v) is 11.5. The molecule has 22 heavy (non-hydrogen) atoms. The molecule has 0 heterocycles. The van der Waals surface area contributed by atoms with Crippen molar-refractivity contribution >= 4 is 11.6 Å². The van der Waals surface area contributed by atoms with Crippen LogP contribution in [-0.4, -0.2) is 13.0 Å². The minimum atomic E-state index is -4.86. The van der Waals surface area contributed by atoms with Crippen LogP contribution in [0.1, 0.15) is 0 Å². The fourth-order valence-corrected chi connectivity index (χ4v) is 2.07. The van der Waals surface area contributed by atoms with Crippen LogP contribution in [0, 0.1) is 0 Å². The maximum absolute atomic E-state index is 12.4. The molecule has 0 saturated heterocycles. The molecule has 2 aromatic carbocycles. The Labute approximate surface area is 127 Å². The third kappa shape index (κ3) is 4.24. The first kappa shape index (κ1) is 16.4. The Morgan fingerprint density at radius 1 is 0.955 bits per heavy atom. The predicted molar refractivity (Wildman–Crippen MR) is 70.2 cm³/mol. The highest BCUT2D eigenvalue weighted by Crippen LogP contribution is 2.38. The average molecular weight is 339 g/mol. The van der Waals surface area contributed by atoms with Gasteiger partial charge in [-0.05, 0) is 24.3 Å². The van der Waals surface area contributed by atoms with Crippen molar-refractivity contribution in [1.29, 1.82) is 0 Å². The molecule has 0 spiro atoms. The summed E-state index contributed by atoms with van der Waals surface area (Å²) in [6.07, 6.45) is -4.86. The number of alkyl halides is 5. The number of hydrogen-bond donors (Lipinski definition) is 0. The minimum Gasteiger partial charge on any atom is -0.435 e. The van der Waals surface area contributed by atoms with Crippen molar-refractivity contribution in [2.24, 2.45) is 0 Å². The summed E-state index contributed by atoms with van der Waals surface area (Å²) in [7, 11) is 0. The normalized spacial score (nSPS) is 11.6. The van der Waals surface area contributed by atoms with Gasteiger partial charge in [-0.15, -0.1) is 13.2 Å². The lowest BCUT2D eigenvalue weighted by Gasteiger charge is -2.14. The van der Waals surface area contributed by atoms with Gasteiger partial charge < -0.3 is 9.47 Å². The minimum absolute atomic E-state index is 0.0450. The monoisotopic (exact) mass is 338 g/mol. The van der Waals surface area contributed by atoms with Crippen molar-refractivity contribution in [3.63, 3.8) is 0 Å². The lowest BCUT2D eigenvalue weighted by atomic mass is 10.0. The van der Waals surface area contributed by atoms with E-state index >= 15 is 0 Å². The molecular weight excluding hydrogens is 331 g/mol. The van der Waals surface area contributed by atoms with Crippen molar-refractivity contribution in [3.05, 3.63) is 47.5 Å². The second-order valence-corrected chi connectivity index (χ2v) is 4.47. The maximum atomic E-state index is 12.4. The van der Waals surface area contributed by atoms with E-state index in [2.05, 4.69) is 9.47 Å². The van der Waals surface area contributed by atoms with E-state index in [1.807, 2.05) is 0 Å². The van der Waals surface area contributed by atoms with Gasteiger partial charge in [0, 0.05) is 11.1 Å². The van der Waals surface area contributed by atoms with Gasteiger partial charge in [0.05, 0.1) is 5.02 Å². The maximum Gasteiger partial charge on any atom is 0.573 e. The zero-order valence-electron chi connectivity index (χ0n) is 10.7. The van der Waals surface area contributed by atoms with Gasteiger partial charge in [-0.2, -0.15) is 8.78 Å². The molecule has 0 unspecified atom stereocenters. The quantitative estimate of drug-likeness (QED) is 0.685. The number of halogens is 6. The van der Waals surface area contributed by atoms with E-state index in [0.29, 0.717) is 0 Å². The molecule has 0 bridgehead atoms. The third-order valence-corrected chi connectivity index (χ3v) is 2.88. The van der Waals surface area contributed by atoms with Crippen molar-refractivity contribution in [2.45, 2.75) is 13.0 Å². The number of ether oxygens (including phenoxy) is 2. The Kier molecular flexibility index (Phi) is 4.75. The van der Waals surface area contributed by atoms with E-state index in [1.54, 1.807) is 0 Å². The Morgan fingerprint density at radius 3 is 2.23 bits per heavy atom. The Morgan fingerprint density at radius 2 is 1.64 bits per heavy atom. The smallest absolute Gasteiger partial charge is 0.435 e. The average Bonchev–Trinajstić information content (AvgIpc) is 2.37. The number of rotatable bonds is 4. The molecule has 0 radical (unpaired) electrons. The largest absolute Gasteiger partial charge is 0.573 e. The molecule has 0 fully saturated rings. The van der Waals surface area contributed by atoms with Crippen molar-refractivity contribution in [2.75, 3.05) is 0 Å². The van der Waals surface area contributed by atoms with Crippen LogP contribution in [0.5, 0.6) is 11.5 Å². The van der Waals surface area contributed by atoms with Crippen molar-refractivity contribution in [3.8, 4) is 22.6 Å². The van der Waals surface area contributed by atoms with Crippen LogP contribution in [-0.2, 0) is 0 Å². The lowest BCUT2D eigenvalue weighted by Crippen LogP contribution is -2.17. The Balaban J connectivity index is 2.40. The molecule has 0 atom stereocenters. The fourth-order valence-electron chi connectivity index (χ4n) is 1.79. The van der Waals surface area contributed by atoms with Gasteiger partial charge in [0.25, 0.3) is 0 Å². The molecule has 2 aromatic rings. The SMILES string of the molecule is FC(F)Oc1ccc(-c2ccccc2OC(F)(F)F)c(Cl)c1. The van der Waals surface area contributed by atoms with Gasteiger partial charge in [0.2, 0.25) is 0 Å². The summed E-state index contributed by atoms with van der Waals surface area (Å²) in [5, 5.41) is -0.0450. The molecule has 2 rings (SSSR count). The molecule has 0 saturated carbocycles. The van der Waals surface area contributed by atoms with Crippen LogP contribution in [0.2, 0.25) is 5.02 Å². The van der Waals surface area contributed by atoms with Gasteiger partial charge in [0.1, 0.15) is 11.5 Å². The summed E-state index contributed by atoms with van der Waals surface area (Å²) in [6, 6.07) is 8.91. The van der Waals surface area contributed by atoms with Crippen LogP contribution in [0.3, 0.4) is 0 Å². The standard InChI is InChI=1S/C14H8ClF5O2/c15-11-7-8(21-13(16)17)5-6-9(11)10-3-1-2-4-12(10)22-14(18,19)20/h1-7,13H. The number of benzene rings is 2. The van der Waals surface area contributed by atoms with Crippen LogP contribution >= 0.6 is 11.6 Å². The summed E-state index contributed by atoms with van der Waals surface area (Å²) >= 11 is 5.93. The molecular formula is C14H8ClF5O2. The molecule has 8 heteroatoms. The number of para-hydroxylation sites is 1. The molecule has 0 N–H and O–H groups in total. The summed E-state index contributed by atoms with van der Waals surface area (Å²) in [4.78, 5) is 0. The van der Waals surface area contributed by atoms with E-state index in [0.717, 1.165) is 12.1 Å². The van der Waals surface area contributed by atoms with E-state index in [4.69, 9.17) is 11.6 Å². The van der Waals surface area contributed by atoms with Gasteiger partial charge in [-0.25, -0.2) is 0 Å².